The maximum absolute atomic E-state index is 9.89. The zero-order valence-corrected chi connectivity index (χ0v) is 14.3. The summed E-state index contributed by atoms with van der Waals surface area (Å²) in [5.74, 6) is 0.966. The van der Waals surface area contributed by atoms with Crippen molar-refractivity contribution in [2.45, 2.75) is 0 Å². The molecule has 3 rings (SSSR count). The first-order valence-corrected chi connectivity index (χ1v) is 7.83. The highest BCUT2D eigenvalue weighted by Crippen LogP contribution is 2.33. The number of hydrogen-bond donors (Lipinski definition) is 2. The van der Waals surface area contributed by atoms with E-state index in [0.717, 1.165) is 16.6 Å². The number of para-hydroxylation sites is 2. The quantitative estimate of drug-likeness (QED) is 0.500. The minimum Gasteiger partial charge on any atom is -0.504 e. The van der Waals surface area contributed by atoms with Crippen molar-refractivity contribution >= 4 is 45.3 Å². The van der Waals surface area contributed by atoms with E-state index in [1.165, 1.54) is 7.11 Å². The van der Waals surface area contributed by atoms with Crippen molar-refractivity contribution in [3.05, 3.63) is 51.4 Å². The number of phenolic OH excluding ortho intramolecular Hbond substituents is 1. The molecule has 0 fully saturated rings. The van der Waals surface area contributed by atoms with Crippen LogP contribution in [0.4, 0.5) is 0 Å². The number of ether oxygens (including phenoxy) is 1. The molecule has 2 N–H and O–H groups in total. The van der Waals surface area contributed by atoms with Crippen molar-refractivity contribution in [3.8, 4) is 17.6 Å². The number of nitriles is 1. The van der Waals surface area contributed by atoms with Gasteiger partial charge < -0.3 is 14.8 Å². The molecule has 0 aliphatic rings. The third-order valence-corrected chi connectivity index (χ3v) is 4.17. The molecular weight excluding hydrogens is 405 g/mol. The Balaban J connectivity index is 2.09. The number of fused-ring (bicyclic) bond motifs is 1. The van der Waals surface area contributed by atoms with Crippen molar-refractivity contribution in [2.24, 2.45) is 0 Å². The number of allylic oxidation sites excluding steroid dienone is 1. The number of hydrogen-bond acceptors (Lipinski definition) is 4. The number of aromatic hydroxyl groups is 1. The molecular formula is C17H12IN3O2. The third kappa shape index (κ3) is 3.00. The Morgan fingerprint density at radius 2 is 2.17 bits per heavy atom. The van der Waals surface area contributed by atoms with Crippen LogP contribution < -0.4 is 4.74 Å². The molecule has 0 aliphatic carbocycles. The normalized spacial score (nSPS) is 11.4. The smallest absolute Gasteiger partial charge is 0.171 e. The molecule has 0 saturated heterocycles. The van der Waals surface area contributed by atoms with Crippen LogP contribution in [0.2, 0.25) is 0 Å². The van der Waals surface area contributed by atoms with Crippen LogP contribution in [0, 0.1) is 14.9 Å². The van der Waals surface area contributed by atoms with Crippen LogP contribution in [0.1, 0.15) is 11.4 Å². The van der Waals surface area contributed by atoms with Gasteiger partial charge in [-0.3, -0.25) is 0 Å². The average Bonchev–Trinajstić information content (AvgIpc) is 2.99. The molecule has 23 heavy (non-hydrogen) atoms. The van der Waals surface area contributed by atoms with Gasteiger partial charge in [-0.2, -0.15) is 5.26 Å². The maximum Gasteiger partial charge on any atom is 0.171 e. The second-order valence-corrected chi connectivity index (χ2v) is 5.99. The average molecular weight is 417 g/mol. The van der Waals surface area contributed by atoms with Gasteiger partial charge in [0, 0.05) is 0 Å². The fraction of sp³-hybridized carbons (Fsp3) is 0.0588. The van der Waals surface area contributed by atoms with Gasteiger partial charge in [-0.05, 0) is 58.5 Å². The second kappa shape index (κ2) is 6.30. The minimum absolute atomic E-state index is 0.0903. The number of aromatic amines is 1. The van der Waals surface area contributed by atoms with Gasteiger partial charge in [-0.25, -0.2) is 4.98 Å². The van der Waals surface area contributed by atoms with Gasteiger partial charge in [-0.1, -0.05) is 12.1 Å². The molecule has 0 unspecified atom stereocenters. The van der Waals surface area contributed by atoms with Gasteiger partial charge in [0.15, 0.2) is 11.5 Å². The Hall–Kier alpha value is -2.53. The van der Waals surface area contributed by atoms with Crippen molar-refractivity contribution in [3.63, 3.8) is 0 Å². The molecule has 1 heterocycles. The van der Waals surface area contributed by atoms with Gasteiger partial charge in [0.25, 0.3) is 0 Å². The van der Waals surface area contributed by atoms with Gasteiger partial charge >= 0.3 is 0 Å². The molecule has 0 atom stereocenters. The van der Waals surface area contributed by atoms with Crippen LogP contribution in [0.25, 0.3) is 22.7 Å². The lowest BCUT2D eigenvalue weighted by atomic mass is 10.1. The first-order chi connectivity index (χ1) is 11.1. The van der Waals surface area contributed by atoms with E-state index in [1.54, 1.807) is 18.2 Å². The molecule has 5 nitrogen and oxygen atoms in total. The van der Waals surface area contributed by atoms with Gasteiger partial charge in [-0.15, -0.1) is 0 Å². The second-order valence-electron chi connectivity index (χ2n) is 4.83. The molecule has 0 bridgehead atoms. The summed E-state index contributed by atoms with van der Waals surface area (Å²) in [7, 11) is 1.49. The lowest BCUT2D eigenvalue weighted by Gasteiger charge is -2.06. The van der Waals surface area contributed by atoms with Crippen LogP contribution in [-0.4, -0.2) is 22.2 Å². The van der Waals surface area contributed by atoms with Crippen LogP contribution in [0.5, 0.6) is 11.5 Å². The zero-order valence-electron chi connectivity index (χ0n) is 12.2. The number of H-pyrrole nitrogens is 1. The number of rotatable bonds is 3. The topological polar surface area (TPSA) is 81.9 Å². The Labute approximate surface area is 146 Å². The number of nitrogens with one attached hydrogen (secondary N) is 1. The summed E-state index contributed by atoms with van der Waals surface area (Å²) in [4.78, 5) is 7.57. The van der Waals surface area contributed by atoms with Crippen LogP contribution in [0.15, 0.2) is 36.4 Å². The summed E-state index contributed by atoms with van der Waals surface area (Å²) in [5.41, 5.74) is 2.84. The molecule has 1 aromatic heterocycles. The van der Waals surface area contributed by atoms with Gasteiger partial charge in [0.2, 0.25) is 0 Å². The van der Waals surface area contributed by atoms with Crippen molar-refractivity contribution in [1.29, 1.82) is 5.26 Å². The number of imidazole rings is 1. The predicted molar refractivity (Wildman–Crippen MR) is 97.0 cm³/mol. The Morgan fingerprint density at radius 3 is 2.87 bits per heavy atom. The fourth-order valence-corrected chi connectivity index (χ4v) is 2.86. The third-order valence-electron chi connectivity index (χ3n) is 3.35. The summed E-state index contributed by atoms with van der Waals surface area (Å²) in [6.07, 6.45) is 1.71. The summed E-state index contributed by atoms with van der Waals surface area (Å²) in [6.45, 7) is 0. The minimum atomic E-state index is 0.0903. The lowest BCUT2D eigenvalue weighted by Crippen LogP contribution is -1.89. The van der Waals surface area contributed by atoms with Crippen molar-refractivity contribution in [1.82, 2.24) is 9.97 Å². The number of nitrogens with zero attached hydrogens (tertiary/aromatic N) is 2. The highest BCUT2D eigenvalue weighted by atomic mass is 127. The molecule has 0 radical (unpaired) electrons. The number of phenols is 1. The summed E-state index contributed by atoms with van der Waals surface area (Å²) >= 11 is 2.02. The van der Waals surface area contributed by atoms with Gasteiger partial charge in [0.1, 0.15) is 11.9 Å². The standard InChI is InChI=1S/C17H12IN3O2/c1-23-15-8-10(7-12(18)16(15)22)6-11(9-19)17-20-13-4-2-3-5-14(13)21-17/h2-8,22H,1H3,(H,20,21)/b11-6+. The molecule has 2 aromatic carbocycles. The van der Waals surface area contributed by atoms with Crippen LogP contribution in [0.3, 0.4) is 0 Å². The Morgan fingerprint density at radius 1 is 1.39 bits per heavy atom. The highest BCUT2D eigenvalue weighted by molar-refractivity contribution is 14.1. The van der Waals surface area contributed by atoms with E-state index in [2.05, 4.69) is 16.0 Å². The van der Waals surface area contributed by atoms with E-state index in [-0.39, 0.29) is 5.75 Å². The number of benzene rings is 2. The van der Waals surface area contributed by atoms with E-state index in [9.17, 15) is 10.4 Å². The van der Waals surface area contributed by atoms with Crippen molar-refractivity contribution < 1.29 is 9.84 Å². The van der Waals surface area contributed by atoms with Gasteiger partial charge in [0.05, 0.1) is 27.3 Å². The monoisotopic (exact) mass is 417 g/mol. The first-order valence-electron chi connectivity index (χ1n) is 6.76. The molecule has 0 amide bonds. The van der Waals surface area contributed by atoms with E-state index in [1.807, 2.05) is 46.9 Å². The fourth-order valence-electron chi connectivity index (χ4n) is 2.23. The highest BCUT2D eigenvalue weighted by Gasteiger charge is 2.11. The zero-order chi connectivity index (χ0) is 16.4. The maximum atomic E-state index is 9.89. The van der Waals surface area contributed by atoms with Crippen molar-refractivity contribution in [2.75, 3.05) is 7.11 Å². The lowest BCUT2D eigenvalue weighted by molar-refractivity contribution is 0.371. The predicted octanol–water partition coefficient (Wildman–Crippen LogP) is 3.95. The molecule has 0 spiro atoms. The molecule has 3 aromatic rings. The Kier molecular flexibility index (Phi) is 4.21. The van der Waals surface area contributed by atoms with E-state index < -0.39 is 0 Å². The largest absolute Gasteiger partial charge is 0.504 e. The summed E-state index contributed by atoms with van der Waals surface area (Å²) < 4.78 is 5.79. The summed E-state index contributed by atoms with van der Waals surface area (Å²) in [5, 5.41) is 19.3. The summed E-state index contributed by atoms with van der Waals surface area (Å²) in [6, 6.07) is 13.2. The Bertz CT molecular complexity index is 921. The number of aromatic nitrogens is 2. The number of methoxy groups -OCH3 is 1. The number of halogens is 1. The molecule has 0 saturated carbocycles. The first kappa shape index (κ1) is 15.4. The SMILES string of the molecule is COc1cc(/C=C(\C#N)c2nc3ccccc3[nH]2)cc(I)c1O. The molecule has 6 heteroatoms. The molecule has 114 valence electrons. The van der Waals surface area contributed by atoms with Crippen LogP contribution >= 0.6 is 22.6 Å². The van der Waals surface area contributed by atoms with E-state index in [4.69, 9.17) is 4.74 Å². The van der Waals surface area contributed by atoms with E-state index in [0.29, 0.717) is 20.7 Å². The molecule has 0 aliphatic heterocycles. The van der Waals surface area contributed by atoms with Crippen LogP contribution in [-0.2, 0) is 0 Å². The van der Waals surface area contributed by atoms with E-state index >= 15 is 0 Å².